The Bertz CT molecular complexity index is 828. The van der Waals surface area contributed by atoms with Crippen LogP contribution in [0, 0.1) is 5.92 Å². The molecule has 0 saturated heterocycles. The Kier molecular flexibility index (Phi) is 8.46. The molecule has 2 rings (SSSR count). The average Bonchev–Trinajstić information content (AvgIpc) is 2.72. The van der Waals surface area contributed by atoms with Gasteiger partial charge in [-0.2, -0.15) is 0 Å². The third kappa shape index (κ3) is 7.45. The lowest BCUT2D eigenvalue weighted by molar-refractivity contribution is -0.132. The highest BCUT2D eigenvalue weighted by atomic mass is 16.5. The van der Waals surface area contributed by atoms with Crippen molar-refractivity contribution in [3.63, 3.8) is 0 Å². The summed E-state index contributed by atoms with van der Waals surface area (Å²) in [6.45, 7) is 8.95. The summed E-state index contributed by atoms with van der Waals surface area (Å²) >= 11 is 0. The molecule has 0 unspecified atom stereocenters. The molecule has 5 nitrogen and oxygen atoms in total. The second kappa shape index (κ2) is 11.1. The molecular weight excluding hydrogens is 364 g/mol. The monoisotopic (exact) mass is 394 g/mol. The number of nitrogens with one attached hydrogen (secondary N) is 1. The topological polar surface area (TPSA) is 58.6 Å². The predicted octanol–water partition coefficient (Wildman–Crippen LogP) is 4.44. The number of nitrogens with zero attached hydrogens (tertiary/aromatic N) is 1. The Hall–Kier alpha value is -3.08. The van der Waals surface area contributed by atoms with Crippen molar-refractivity contribution in [3.8, 4) is 5.75 Å². The lowest BCUT2D eigenvalue weighted by Gasteiger charge is -2.25. The van der Waals surface area contributed by atoms with E-state index in [1.54, 1.807) is 7.11 Å². The molecule has 29 heavy (non-hydrogen) atoms. The molecule has 0 aliphatic carbocycles. The number of anilines is 1. The van der Waals surface area contributed by atoms with E-state index in [0.29, 0.717) is 37.5 Å². The van der Waals surface area contributed by atoms with Crippen molar-refractivity contribution >= 4 is 17.5 Å². The first kappa shape index (κ1) is 22.2. The molecule has 0 aliphatic heterocycles. The predicted molar refractivity (Wildman–Crippen MR) is 117 cm³/mol. The standard InChI is InChI=1S/C24H30N2O3/c1-5-23(27)25-21-12-9-19(10-13-21)11-14-24(28)26(16-18(2)3)17-20-7-6-8-22(15-20)29-4/h5-10,12-13,15,18H,1,11,14,16-17H2,2-4H3,(H,25,27). The normalized spacial score (nSPS) is 10.5. The van der Waals surface area contributed by atoms with Crippen LogP contribution < -0.4 is 10.1 Å². The van der Waals surface area contributed by atoms with E-state index >= 15 is 0 Å². The highest BCUT2D eigenvalue weighted by molar-refractivity contribution is 5.98. The maximum Gasteiger partial charge on any atom is 0.247 e. The van der Waals surface area contributed by atoms with Gasteiger partial charge in [-0.1, -0.05) is 44.7 Å². The smallest absolute Gasteiger partial charge is 0.247 e. The number of aryl methyl sites for hydroxylation is 1. The average molecular weight is 395 g/mol. The summed E-state index contributed by atoms with van der Waals surface area (Å²) in [6.07, 6.45) is 2.33. The first-order chi connectivity index (χ1) is 13.9. The molecule has 2 aromatic rings. The SMILES string of the molecule is C=CC(=O)Nc1ccc(CCC(=O)N(Cc2cccc(OC)c2)CC(C)C)cc1. The van der Waals surface area contributed by atoms with Gasteiger partial charge in [-0.3, -0.25) is 9.59 Å². The van der Waals surface area contributed by atoms with E-state index in [9.17, 15) is 9.59 Å². The van der Waals surface area contributed by atoms with Crippen LogP contribution in [0.2, 0.25) is 0 Å². The molecule has 0 heterocycles. The summed E-state index contributed by atoms with van der Waals surface area (Å²) in [6, 6.07) is 15.4. The van der Waals surface area contributed by atoms with Crippen molar-refractivity contribution in [2.75, 3.05) is 19.0 Å². The van der Waals surface area contributed by atoms with Gasteiger partial charge in [0.15, 0.2) is 0 Å². The van der Waals surface area contributed by atoms with Crippen LogP contribution in [0.3, 0.4) is 0 Å². The van der Waals surface area contributed by atoms with Gasteiger partial charge < -0.3 is 15.0 Å². The van der Waals surface area contributed by atoms with Crippen molar-refractivity contribution in [3.05, 3.63) is 72.3 Å². The summed E-state index contributed by atoms with van der Waals surface area (Å²) in [5.41, 5.74) is 2.82. The lowest BCUT2D eigenvalue weighted by Crippen LogP contribution is -2.33. The number of methoxy groups -OCH3 is 1. The Morgan fingerprint density at radius 2 is 1.86 bits per heavy atom. The summed E-state index contributed by atoms with van der Waals surface area (Å²) in [7, 11) is 1.64. The third-order valence-corrected chi connectivity index (χ3v) is 4.48. The van der Waals surface area contributed by atoms with Gasteiger partial charge >= 0.3 is 0 Å². The fourth-order valence-electron chi connectivity index (χ4n) is 3.04. The van der Waals surface area contributed by atoms with Gasteiger partial charge in [-0.05, 0) is 53.8 Å². The summed E-state index contributed by atoms with van der Waals surface area (Å²) in [5.74, 6) is 1.07. The first-order valence-electron chi connectivity index (χ1n) is 9.84. The van der Waals surface area contributed by atoms with E-state index in [2.05, 4.69) is 25.7 Å². The summed E-state index contributed by atoms with van der Waals surface area (Å²) < 4.78 is 5.29. The minimum Gasteiger partial charge on any atom is -0.497 e. The Morgan fingerprint density at radius 3 is 2.48 bits per heavy atom. The Labute approximate surface area is 173 Å². The molecule has 0 aromatic heterocycles. The van der Waals surface area contributed by atoms with E-state index in [0.717, 1.165) is 16.9 Å². The van der Waals surface area contributed by atoms with Crippen LogP contribution in [0.5, 0.6) is 5.75 Å². The third-order valence-electron chi connectivity index (χ3n) is 4.48. The second-order valence-corrected chi connectivity index (χ2v) is 7.41. The summed E-state index contributed by atoms with van der Waals surface area (Å²) in [4.78, 5) is 26.2. The van der Waals surface area contributed by atoms with Crippen LogP contribution in [0.25, 0.3) is 0 Å². The van der Waals surface area contributed by atoms with E-state index in [4.69, 9.17) is 4.74 Å². The largest absolute Gasteiger partial charge is 0.497 e. The molecule has 0 radical (unpaired) electrons. The number of benzene rings is 2. The molecule has 2 aromatic carbocycles. The number of hydrogen-bond donors (Lipinski definition) is 1. The molecule has 0 fully saturated rings. The molecule has 5 heteroatoms. The van der Waals surface area contributed by atoms with Crippen molar-refractivity contribution in [2.45, 2.75) is 33.2 Å². The van der Waals surface area contributed by atoms with Crippen molar-refractivity contribution in [1.82, 2.24) is 4.90 Å². The van der Waals surface area contributed by atoms with Gasteiger partial charge in [-0.15, -0.1) is 0 Å². The van der Waals surface area contributed by atoms with Crippen LogP contribution in [0.15, 0.2) is 61.2 Å². The fraction of sp³-hybridized carbons (Fsp3) is 0.333. The minimum absolute atomic E-state index is 0.130. The maximum absolute atomic E-state index is 12.9. The minimum atomic E-state index is -0.241. The number of hydrogen-bond acceptors (Lipinski definition) is 3. The van der Waals surface area contributed by atoms with Crippen LogP contribution in [-0.2, 0) is 22.6 Å². The van der Waals surface area contributed by atoms with Crippen molar-refractivity contribution in [2.24, 2.45) is 5.92 Å². The van der Waals surface area contributed by atoms with Crippen LogP contribution in [0.4, 0.5) is 5.69 Å². The number of carbonyl (C=O) groups is 2. The highest BCUT2D eigenvalue weighted by Gasteiger charge is 2.16. The first-order valence-corrected chi connectivity index (χ1v) is 9.84. The van der Waals surface area contributed by atoms with Gasteiger partial charge in [0.25, 0.3) is 0 Å². The molecule has 154 valence electrons. The molecule has 0 bridgehead atoms. The van der Waals surface area contributed by atoms with Gasteiger partial charge in [0.2, 0.25) is 11.8 Å². The van der Waals surface area contributed by atoms with Gasteiger partial charge in [0.05, 0.1) is 7.11 Å². The number of amides is 2. The number of carbonyl (C=O) groups excluding carboxylic acids is 2. The van der Waals surface area contributed by atoms with Gasteiger partial charge in [-0.25, -0.2) is 0 Å². The lowest BCUT2D eigenvalue weighted by atomic mass is 10.1. The molecule has 0 saturated carbocycles. The van der Waals surface area contributed by atoms with E-state index < -0.39 is 0 Å². The van der Waals surface area contributed by atoms with E-state index in [1.807, 2.05) is 53.4 Å². The second-order valence-electron chi connectivity index (χ2n) is 7.41. The number of ether oxygens (including phenoxy) is 1. The zero-order valence-corrected chi connectivity index (χ0v) is 17.5. The Morgan fingerprint density at radius 1 is 1.14 bits per heavy atom. The Balaban J connectivity index is 1.98. The van der Waals surface area contributed by atoms with Crippen molar-refractivity contribution in [1.29, 1.82) is 0 Å². The van der Waals surface area contributed by atoms with E-state index in [-0.39, 0.29) is 11.8 Å². The summed E-state index contributed by atoms with van der Waals surface area (Å²) in [5, 5.41) is 2.72. The molecule has 0 atom stereocenters. The molecule has 2 amide bonds. The quantitative estimate of drug-likeness (QED) is 0.606. The van der Waals surface area contributed by atoms with E-state index in [1.165, 1.54) is 6.08 Å². The fourth-order valence-corrected chi connectivity index (χ4v) is 3.04. The zero-order chi connectivity index (χ0) is 21.2. The van der Waals surface area contributed by atoms with Gasteiger partial charge in [0.1, 0.15) is 5.75 Å². The molecule has 0 spiro atoms. The molecule has 1 N–H and O–H groups in total. The van der Waals surface area contributed by atoms with Crippen LogP contribution in [-0.4, -0.2) is 30.4 Å². The molecule has 0 aliphatic rings. The highest BCUT2D eigenvalue weighted by Crippen LogP contribution is 2.17. The van der Waals surface area contributed by atoms with Crippen LogP contribution in [0.1, 0.15) is 31.4 Å². The van der Waals surface area contributed by atoms with Crippen LogP contribution >= 0.6 is 0 Å². The molecular formula is C24H30N2O3. The van der Waals surface area contributed by atoms with Crippen molar-refractivity contribution < 1.29 is 14.3 Å². The maximum atomic E-state index is 12.9. The zero-order valence-electron chi connectivity index (χ0n) is 17.5. The number of rotatable bonds is 10. The van der Waals surface area contributed by atoms with Gasteiger partial charge in [0, 0.05) is 25.2 Å².